The molecule has 0 aliphatic heterocycles. The lowest BCUT2D eigenvalue weighted by molar-refractivity contribution is -0.207. The average molecular weight is 447 g/mol. The quantitative estimate of drug-likeness (QED) is 0.340. The van der Waals surface area contributed by atoms with E-state index in [2.05, 4.69) is 44.1 Å². The molecule has 0 aromatic heterocycles. The zero-order chi connectivity index (χ0) is 23.0. The van der Waals surface area contributed by atoms with Crippen LogP contribution in [0.5, 0.6) is 0 Å². The molecule has 8 atom stereocenters. The van der Waals surface area contributed by atoms with E-state index >= 15 is 0 Å². The molecule has 4 aliphatic carbocycles. The summed E-state index contributed by atoms with van der Waals surface area (Å²) in [5, 5.41) is 26.5. The van der Waals surface area contributed by atoms with Gasteiger partial charge in [0.2, 0.25) is 0 Å². The van der Waals surface area contributed by atoms with E-state index in [1.165, 1.54) is 12.8 Å². The summed E-state index contributed by atoms with van der Waals surface area (Å²) in [5.74, 6) is 2.04. The fourth-order valence-electron chi connectivity index (χ4n) is 8.31. The predicted molar refractivity (Wildman–Crippen MR) is 129 cm³/mol. The molecule has 0 amide bonds. The van der Waals surface area contributed by atoms with Crippen molar-refractivity contribution in [3.8, 4) is 0 Å². The van der Waals surface area contributed by atoms with Gasteiger partial charge < -0.3 is 20.0 Å². The van der Waals surface area contributed by atoms with Gasteiger partial charge in [0.1, 0.15) is 6.61 Å². The van der Waals surface area contributed by atoms with Gasteiger partial charge in [-0.05, 0) is 113 Å². The van der Waals surface area contributed by atoms with Crippen LogP contribution in [0.3, 0.4) is 0 Å². The first-order chi connectivity index (χ1) is 15.2. The number of aliphatic hydroxyl groups is 2. The van der Waals surface area contributed by atoms with Gasteiger partial charge in [0.25, 0.3) is 0 Å². The van der Waals surface area contributed by atoms with Crippen molar-refractivity contribution in [3.05, 3.63) is 12.2 Å². The number of hydrogen-bond acceptors (Lipinski definition) is 5. The lowest BCUT2D eigenvalue weighted by Crippen LogP contribution is -2.62. The zero-order valence-corrected chi connectivity index (χ0v) is 20.8. The Kier molecular flexibility index (Phi) is 7.10. The van der Waals surface area contributed by atoms with Crippen LogP contribution in [0.1, 0.15) is 78.1 Å². The number of aliphatic hydroxyl groups excluding tert-OH is 1. The predicted octanol–water partition coefficient (Wildman–Crippen LogP) is 4.63. The van der Waals surface area contributed by atoms with Gasteiger partial charge in [-0.25, -0.2) is 0 Å². The summed E-state index contributed by atoms with van der Waals surface area (Å²) in [6.45, 7) is 6.48. The van der Waals surface area contributed by atoms with Crippen molar-refractivity contribution < 1.29 is 15.1 Å². The molecule has 4 aliphatic rings. The Labute approximate surface area is 195 Å². The van der Waals surface area contributed by atoms with Gasteiger partial charge in [0.15, 0.2) is 0 Å². The molecule has 0 radical (unpaired) electrons. The molecule has 0 spiro atoms. The first-order valence-electron chi connectivity index (χ1n) is 13.1. The summed E-state index contributed by atoms with van der Waals surface area (Å²) in [7, 11) is 4.13. The normalized spacial score (nSPS) is 46.4. The third-order valence-corrected chi connectivity index (χ3v) is 10.3. The number of allylic oxidation sites excluding steroid dienone is 2. The number of hydrogen-bond donors (Lipinski definition) is 2. The summed E-state index contributed by atoms with van der Waals surface area (Å²) < 4.78 is 0. The Balaban J connectivity index is 1.39. The SMILES string of the molecule is CN(C)CCCON=CC=CC1CC[C@@]2(O)[C@@H]3CCC4CC(O)CC[C@]4(C)[C@@H]3CC[C@]12C. The third-order valence-electron chi connectivity index (χ3n) is 10.3. The van der Waals surface area contributed by atoms with Crippen molar-refractivity contribution in [2.24, 2.45) is 39.7 Å². The second-order valence-corrected chi connectivity index (χ2v) is 12.1. The van der Waals surface area contributed by atoms with Crippen molar-refractivity contribution in [1.29, 1.82) is 0 Å². The number of nitrogens with zero attached hydrogens (tertiary/aromatic N) is 2. The van der Waals surface area contributed by atoms with Gasteiger partial charge in [0, 0.05) is 12.0 Å². The van der Waals surface area contributed by atoms with Crippen LogP contribution in [-0.2, 0) is 4.84 Å². The Bertz CT molecular complexity index is 709. The second-order valence-electron chi connectivity index (χ2n) is 12.1. The van der Waals surface area contributed by atoms with Crippen molar-refractivity contribution in [2.75, 3.05) is 27.2 Å². The zero-order valence-electron chi connectivity index (χ0n) is 20.8. The largest absolute Gasteiger partial charge is 0.396 e. The van der Waals surface area contributed by atoms with Gasteiger partial charge in [-0.2, -0.15) is 0 Å². The fourth-order valence-corrected chi connectivity index (χ4v) is 8.31. The molecule has 0 saturated heterocycles. The average Bonchev–Trinajstić information content (AvgIpc) is 3.01. The van der Waals surface area contributed by atoms with E-state index in [0.717, 1.165) is 57.9 Å². The molecule has 2 N–H and O–H groups in total. The van der Waals surface area contributed by atoms with E-state index in [1.807, 2.05) is 6.08 Å². The molecule has 3 unspecified atom stereocenters. The van der Waals surface area contributed by atoms with Gasteiger partial charge in [-0.15, -0.1) is 0 Å². The number of rotatable bonds is 7. The van der Waals surface area contributed by atoms with E-state index in [0.29, 0.717) is 35.7 Å². The van der Waals surface area contributed by atoms with Crippen LogP contribution in [0, 0.1) is 34.5 Å². The first kappa shape index (κ1) is 24.2. The molecule has 4 rings (SSSR count). The highest BCUT2D eigenvalue weighted by Gasteiger charge is 2.66. The number of oxime groups is 1. The lowest BCUT2D eigenvalue weighted by Gasteiger charge is -2.63. The van der Waals surface area contributed by atoms with Gasteiger partial charge >= 0.3 is 0 Å². The monoisotopic (exact) mass is 446 g/mol. The maximum atomic E-state index is 12.2. The molecular formula is C27H46N2O3. The second kappa shape index (κ2) is 9.38. The van der Waals surface area contributed by atoms with E-state index in [9.17, 15) is 10.2 Å². The molecule has 32 heavy (non-hydrogen) atoms. The van der Waals surface area contributed by atoms with Crippen LogP contribution in [0.2, 0.25) is 0 Å². The molecule has 0 aromatic rings. The topological polar surface area (TPSA) is 65.3 Å². The summed E-state index contributed by atoms with van der Waals surface area (Å²) in [6, 6.07) is 0. The minimum Gasteiger partial charge on any atom is -0.396 e. The summed E-state index contributed by atoms with van der Waals surface area (Å²) >= 11 is 0. The molecule has 0 heterocycles. The molecule has 182 valence electrons. The van der Waals surface area contributed by atoms with Gasteiger partial charge in [-0.1, -0.05) is 25.1 Å². The first-order valence-corrected chi connectivity index (χ1v) is 13.1. The molecule has 0 bridgehead atoms. The van der Waals surface area contributed by atoms with Gasteiger partial charge in [0.05, 0.1) is 17.9 Å². The molecular weight excluding hydrogens is 400 g/mol. The Morgan fingerprint density at radius 1 is 1.03 bits per heavy atom. The maximum Gasteiger partial charge on any atom is 0.118 e. The maximum absolute atomic E-state index is 12.2. The van der Waals surface area contributed by atoms with Crippen molar-refractivity contribution >= 4 is 6.21 Å². The van der Waals surface area contributed by atoms with E-state index in [4.69, 9.17) is 4.84 Å². The molecule has 5 nitrogen and oxygen atoms in total. The highest BCUT2D eigenvalue weighted by molar-refractivity contribution is 5.70. The highest BCUT2D eigenvalue weighted by atomic mass is 16.6. The summed E-state index contributed by atoms with van der Waals surface area (Å²) in [4.78, 5) is 7.51. The molecule has 5 heteroatoms. The van der Waals surface area contributed by atoms with Crippen LogP contribution >= 0.6 is 0 Å². The van der Waals surface area contributed by atoms with E-state index in [1.54, 1.807) is 6.21 Å². The Hall–Kier alpha value is -0.910. The third kappa shape index (κ3) is 4.18. The smallest absolute Gasteiger partial charge is 0.118 e. The standard InChI is InChI=1S/C27H46N2O3/c1-25-13-11-22(30)19-21(25)8-9-24-23(25)12-14-26(2)20(10-15-27(24,26)31)7-5-16-28-32-18-6-17-29(3)4/h5,7,16,20-24,30-31H,6,8-15,17-19H2,1-4H3/t20?,21?,22?,23-,24-,25+,26-,27-/m1/s1. The van der Waals surface area contributed by atoms with Crippen LogP contribution in [0.15, 0.2) is 17.3 Å². The minimum atomic E-state index is -0.561. The minimum absolute atomic E-state index is 0.0531. The number of fused-ring (bicyclic) bond motifs is 5. The van der Waals surface area contributed by atoms with E-state index < -0.39 is 5.60 Å². The van der Waals surface area contributed by atoms with Crippen molar-refractivity contribution in [2.45, 2.75) is 89.8 Å². The van der Waals surface area contributed by atoms with Crippen LogP contribution in [-0.4, -0.2) is 60.3 Å². The summed E-state index contributed by atoms with van der Waals surface area (Å²) in [6.07, 6.45) is 16.6. The Morgan fingerprint density at radius 3 is 2.62 bits per heavy atom. The molecule has 4 fully saturated rings. The van der Waals surface area contributed by atoms with Crippen LogP contribution < -0.4 is 0 Å². The Morgan fingerprint density at radius 2 is 1.84 bits per heavy atom. The summed E-state index contributed by atoms with van der Waals surface area (Å²) in [5.41, 5.74) is -0.318. The van der Waals surface area contributed by atoms with Crippen molar-refractivity contribution in [3.63, 3.8) is 0 Å². The fraction of sp³-hybridized carbons (Fsp3) is 0.889. The molecule has 0 aromatic carbocycles. The molecule has 4 saturated carbocycles. The van der Waals surface area contributed by atoms with Gasteiger partial charge in [-0.3, -0.25) is 0 Å². The van der Waals surface area contributed by atoms with Crippen molar-refractivity contribution in [1.82, 2.24) is 4.90 Å². The van der Waals surface area contributed by atoms with E-state index in [-0.39, 0.29) is 11.5 Å². The lowest BCUT2D eigenvalue weighted by atomic mass is 9.43. The van der Waals surface area contributed by atoms with Crippen LogP contribution in [0.25, 0.3) is 0 Å². The highest BCUT2D eigenvalue weighted by Crippen LogP contribution is 2.69. The van der Waals surface area contributed by atoms with Crippen LogP contribution in [0.4, 0.5) is 0 Å².